The maximum atomic E-state index is 6.44. The van der Waals surface area contributed by atoms with Crippen LogP contribution in [0.3, 0.4) is 0 Å². The Morgan fingerprint density at radius 3 is 2.79 bits per heavy atom. The molecular formula is C18H13Cl2N4+. The van der Waals surface area contributed by atoms with Gasteiger partial charge in [0.1, 0.15) is 13.4 Å². The third kappa shape index (κ3) is 2.54. The molecule has 0 aliphatic heterocycles. The number of rotatable bonds is 2. The van der Waals surface area contributed by atoms with Gasteiger partial charge in [0.05, 0.1) is 16.1 Å². The highest BCUT2D eigenvalue weighted by molar-refractivity contribution is 6.35. The van der Waals surface area contributed by atoms with E-state index in [-0.39, 0.29) is 0 Å². The zero-order valence-electron chi connectivity index (χ0n) is 12.8. The molecule has 0 atom stereocenters. The van der Waals surface area contributed by atoms with Gasteiger partial charge >= 0.3 is 0 Å². The number of aromatic nitrogens is 4. The van der Waals surface area contributed by atoms with Crippen molar-refractivity contribution in [3.63, 3.8) is 0 Å². The molecule has 0 radical (unpaired) electrons. The Morgan fingerprint density at radius 1 is 1.04 bits per heavy atom. The fourth-order valence-electron chi connectivity index (χ4n) is 2.84. The van der Waals surface area contributed by atoms with E-state index in [2.05, 4.69) is 16.1 Å². The van der Waals surface area contributed by atoms with E-state index < -0.39 is 0 Å². The van der Waals surface area contributed by atoms with Gasteiger partial charge in [-0.3, -0.25) is 0 Å². The van der Waals surface area contributed by atoms with Gasteiger partial charge in [0.15, 0.2) is 11.8 Å². The van der Waals surface area contributed by atoms with Crippen molar-refractivity contribution >= 4 is 28.8 Å². The largest absolute Gasteiger partial charge is 0.221 e. The van der Waals surface area contributed by atoms with E-state index in [0.717, 1.165) is 28.0 Å². The third-order valence-corrected chi connectivity index (χ3v) is 4.51. The minimum Gasteiger partial charge on any atom is -0.221 e. The summed E-state index contributed by atoms with van der Waals surface area (Å²) >= 11 is 12.6. The van der Waals surface area contributed by atoms with Crippen molar-refractivity contribution < 1.29 is 4.57 Å². The average molecular weight is 356 g/mol. The number of pyridine rings is 2. The number of benzene rings is 1. The summed E-state index contributed by atoms with van der Waals surface area (Å²) < 4.78 is 3.80. The van der Waals surface area contributed by atoms with Crippen LogP contribution in [0.4, 0.5) is 0 Å². The first-order valence-corrected chi connectivity index (χ1v) is 8.13. The molecule has 3 aromatic heterocycles. The third-order valence-electron chi connectivity index (χ3n) is 3.95. The summed E-state index contributed by atoms with van der Waals surface area (Å²) in [5.41, 5.74) is 4.75. The minimum absolute atomic E-state index is 0.649. The highest BCUT2D eigenvalue weighted by atomic mass is 35.5. The van der Waals surface area contributed by atoms with Crippen LogP contribution >= 0.6 is 23.2 Å². The molecule has 0 spiro atoms. The number of nitrogens with zero attached hydrogens (tertiary/aromatic N) is 4. The lowest BCUT2D eigenvalue weighted by Gasteiger charge is -2.10. The lowest BCUT2D eigenvalue weighted by Crippen LogP contribution is -2.31. The predicted octanol–water partition coefficient (Wildman–Crippen LogP) is 4.19. The molecule has 0 fully saturated rings. The van der Waals surface area contributed by atoms with Crippen molar-refractivity contribution in [1.82, 2.24) is 14.6 Å². The van der Waals surface area contributed by atoms with Gasteiger partial charge in [-0.05, 0) is 36.4 Å². The van der Waals surface area contributed by atoms with Crippen molar-refractivity contribution in [1.29, 1.82) is 0 Å². The second kappa shape index (κ2) is 5.89. The number of aryl methyl sites for hydroxylation is 1. The molecule has 0 amide bonds. The molecule has 24 heavy (non-hydrogen) atoms. The molecule has 4 aromatic rings. The van der Waals surface area contributed by atoms with Crippen LogP contribution in [-0.4, -0.2) is 14.6 Å². The molecule has 1 aromatic carbocycles. The number of halogens is 2. The average Bonchev–Trinajstić information content (AvgIpc) is 3.04. The molecule has 118 valence electrons. The molecule has 0 saturated heterocycles. The molecule has 0 aliphatic carbocycles. The van der Waals surface area contributed by atoms with Crippen LogP contribution in [0.5, 0.6) is 0 Å². The van der Waals surface area contributed by atoms with Gasteiger partial charge in [0.25, 0.3) is 0 Å². The Kier molecular flexibility index (Phi) is 3.71. The Balaban J connectivity index is 1.99. The number of hydrogen-bond donors (Lipinski definition) is 0. The SMILES string of the molecule is C[n+]1cccc(-c2ccc3ncnn3c2)c1-c1cc(Cl)ccc1Cl. The van der Waals surface area contributed by atoms with E-state index in [1.165, 1.54) is 0 Å². The summed E-state index contributed by atoms with van der Waals surface area (Å²) in [4.78, 5) is 4.19. The monoisotopic (exact) mass is 355 g/mol. The zero-order valence-corrected chi connectivity index (χ0v) is 14.3. The number of hydrogen-bond acceptors (Lipinski definition) is 2. The molecule has 3 heterocycles. The van der Waals surface area contributed by atoms with Gasteiger partial charge in [0.2, 0.25) is 5.69 Å². The first-order valence-electron chi connectivity index (χ1n) is 7.37. The van der Waals surface area contributed by atoms with Crippen LogP contribution in [0.1, 0.15) is 0 Å². The Bertz CT molecular complexity index is 1060. The predicted molar refractivity (Wildman–Crippen MR) is 95.1 cm³/mol. The minimum atomic E-state index is 0.649. The van der Waals surface area contributed by atoms with Gasteiger partial charge in [0, 0.05) is 22.8 Å². The second-order valence-electron chi connectivity index (χ2n) is 5.49. The molecule has 4 rings (SSSR count). The summed E-state index contributed by atoms with van der Waals surface area (Å²) in [5, 5.41) is 5.52. The molecule has 0 aliphatic rings. The molecule has 0 bridgehead atoms. The van der Waals surface area contributed by atoms with E-state index in [1.54, 1.807) is 16.9 Å². The Labute approximate surface area is 148 Å². The quantitative estimate of drug-likeness (QED) is 0.505. The maximum Gasteiger partial charge on any atom is 0.221 e. The summed E-state index contributed by atoms with van der Waals surface area (Å²) in [6, 6.07) is 13.5. The molecule has 6 heteroatoms. The summed E-state index contributed by atoms with van der Waals surface area (Å²) in [5.74, 6) is 0. The first kappa shape index (κ1) is 15.1. The topological polar surface area (TPSA) is 34.1 Å². The second-order valence-corrected chi connectivity index (χ2v) is 6.33. The van der Waals surface area contributed by atoms with Gasteiger partial charge in [-0.15, -0.1) is 0 Å². The Hall–Kier alpha value is -2.43. The van der Waals surface area contributed by atoms with Crippen LogP contribution < -0.4 is 4.57 Å². The normalized spacial score (nSPS) is 11.1. The smallest absolute Gasteiger partial charge is 0.221 e. The highest BCUT2D eigenvalue weighted by Gasteiger charge is 2.20. The van der Waals surface area contributed by atoms with Gasteiger partial charge in [-0.2, -0.15) is 5.10 Å². The molecule has 0 saturated carbocycles. The van der Waals surface area contributed by atoms with Crippen LogP contribution in [0, 0.1) is 0 Å². The zero-order chi connectivity index (χ0) is 16.7. The van der Waals surface area contributed by atoms with E-state index in [9.17, 15) is 0 Å². The fraction of sp³-hybridized carbons (Fsp3) is 0.0556. The molecular weight excluding hydrogens is 343 g/mol. The van der Waals surface area contributed by atoms with E-state index in [0.29, 0.717) is 10.0 Å². The summed E-state index contributed by atoms with van der Waals surface area (Å²) in [6.07, 6.45) is 5.49. The van der Waals surface area contributed by atoms with Crippen molar-refractivity contribution in [3.05, 3.63) is 71.2 Å². The molecule has 0 N–H and O–H groups in total. The lowest BCUT2D eigenvalue weighted by molar-refractivity contribution is -0.660. The number of fused-ring (bicyclic) bond motifs is 1. The molecule has 0 unspecified atom stereocenters. The van der Waals surface area contributed by atoms with Crippen LogP contribution in [0.15, 0.2) is 61.2 Å². The van der Waals surface area contributed by atoms with Crippen LogP contribution in [0.2, 0.25) is 10.0 Å². The lowest BCUT2D eigenvalue weighted by atomic mass is 10.00. The van der Waals surface area contributed by atoms with E-state index in [1.807, 2.05) is 54.3 Å². The van der Waals surface area contributed by atoms with Gasteiger partial charge in [-0.25, -0.2) is 14.1 Å². The van der Waals surface area contributed by atoms with Gasteiger partial charge < -0.3 is 0 Å². The van der Waals surface area contributed by atoms with Gasteiger partial charge in [-0.1, -0.05) is 23.2 Å². The van der Waals surface area contributed by atoms with E-state index in [4.69, 9.17) is 23.2 Å². The van der Waals surface area contributed by atoms with E-state index >= 15 is 0 Å². The first-order chi connectivity index (χ1) is 11.6. The highest BCUT2D eigenvalue weighted by Crippen LogP contribution is 2.34. The molecule has 4 nitrogen and oxygen atoms in total. The maximum absolute atomic E-state index is 6.44. The van der Waals surface area contributed by atoms with Crippen molar-refractivity contribution in [2.45, 2.75) is 0 Å². The van der Waals surface area contributed by atoms with Crippen molar-refractivity contribution in [2.24, 2.45) is 7.05 Å². The van der Waals surface area contributed by atoms with Crippen LogP contribution in [-0.2, 0) is 7.05 Å². The Morgan fingerprint density at radius 2 is 1.92 bits per heavy atom. The van der Waals surface area contributed by atoms with Crippen molar-refractivity contribution in [2.75, 3.05) is 0 Å². The van der Waals surface area contributed by atoms with Crippen molar-refractivity contribution in [3.8, 4) is 22.4 Å². The fourth-order valence-corrected chi connectivity index (χ4v) is 3.21. The summed E-state index contributed by atoms with van der Waals surface area (Å²) in [6.45, 7) is 0. The van der Waals surface area contributed by atoms with Crippen LogP contribution in [0.25, 0.3) is 28.0 Å². The summed E-state index contributed by atoms with van der Waals surface area (Å²) in [7, 11) is 1.99. The standard InChI is InChI=1S/C18H13Cl2N4/c1-23-8-2-3-14(12-4-7-17-21-11-22-24(17)10-12)18(23)15-9-13(19)5-6-16(15)20/h2-11H,1H3/q+1.